The van der Waals surface area contributed by atoms with E-state index in [4.69, 9.17) is 0 Å². The van der Waals surface area contributed by atoms with Gasteiger partial charge in [0.2, 0.25) is 0 Å². The van der Waals surface area contributed by atoms with Gasteiger partial charge in [-0.25, -0.2) is 4.98 Å². The highest BCUT2D eigenvalue weighted by atomic mass is 16.2. The van der Waals surface area contributed by atoms with E-state index in [1.165, 1.54) is 0 Å². The first kappa shape index (κ1) is 16.7. The third-order valence-electron chi connectivity index (χ3n) is 4.84. The molecule has 1 N–H and O–H groups in total. The largest absolute Gasteiger partial charge is 0.346 e. The molecule has 0 fully saturated rings. The number of carbonyl (C=O) groups excluding carboxylic acids is 1. The number of aryl methyl sites for hydroxylation is 2. The summed E-state index contributed by atoms with van der Waals surface area (Å²) >= 11 is 0. The molecule has 2 aromatic heterocycles. The second-order valence-corrected chi connectivity index (χ2v) is 7.76. The summed E-state index contributed by atoms with van der Waals surface area (Å²) in [5.41, 5.74) is 2.90. The summed E-state index contributed by atoms with van der Waals surface area (Å²) in [6, 6.07) is 0.00772. The lowest BCUT2D eigenvalue weighted by atomic mass is 9.86. The van der Waals surface area contributed by atoms with Gasteiger partial charge in [-0.15, -0.1) is 0 Å². The summed E-state index contributed by atoms with van der Waals surface area (Å²) in [6.45, 7) is 7.14. The van der Waals surface area contributed by atoms with Crippen LogP contribution in [0.2, 0.25) is 0 Å². The van der Waals surface area contributed by atoms with Crippen molar-refractivity contribution in [3.05, 3.63) is 35.7 Å². The van der Waals surface area contributed by atoms with Gasteiger partial charge in [0, 0.05) is 31.5 Å². The van der Waals surface area contributed by atoms with Gasteiger partial charge in [-0.05, 0) is 31.1 Å². The minimum atomic E-state index is -0.0570. The van der Waals surface area contributed by atoms with E-state index in [2.05, 4.69) is 36.2 Å². The fourth-order valence-corrected chi connectivity index (χ4v) is 3.33. The predicted molar refractivity (Wildman–Crippen MR) is 92.8 cm³/mol. The maximum Gasteiger partial charge on any atom is 0.270 e. The number of carbonyl (C=O) groups is 1. The Morgan fingerprint density at radius 2 is 2.08 bits per heavy atom. The van der Waals surface area contributed by atoms with Crippen molar-refractivity contribution in [2.45, 2.75) is 59.0 Å². The van der Waals surface area contributed by atoms with Crippen molar-refractivity contribution in [1.29, 1.82) is 0 Å². The molecule has 3 rings (SSSR count). The highest BCUT2D eigenvalue weighted by Gasteiger charge is 2.30. The molecule has 0 saturated carbocycles. The molecule has 1 unspecified atom stereocenters. The number of hydrogen-bond donors (Lipinski definition) is 1. The van der Waals surface area contributed by atoms with Gasteiger partial charge in [0.1, 0.15) is 5.69 Å². The molecule has 6 heteroatoms. The molecule has 1 aliphatic carbocycles. The van der Waals surface area contributed by atoms with Crippen molar-refractivity contribution >= 4 is 5.91 Å². The molecular formula is C18H27N5O. The van der Waals surface area contributed by atoms with E-state index in [9.17, 15) is 4.79 Å². The maximum atomic E-state index is 13.0. The van der Waals surface area contributed by atoms with Gasteiger partial charge in [0.25, 0.3) is 5.91 Å². The van der Waals surface area contributed by atoms with E-state index in [1.807, 2.05) is 17.8 Å². The lowest BCUT2D eigenvalue weighted by Crippen LogP contribution is -2.47. The van der Waals surface area contributed by atoms with Gasteiger partial charge in [0.15, 0.2) is 0 Å². The lowest BCUT2D eigenvalue weighted by Gasteiger charge is -2.32. The average molecular weight is 329 g/mol. The maximum absolute atomic E-state index is 13.0. The van der Waals surface area contributed by atoms with E-state index >= 15 is 0 Å². The van der Waals surface area contributed by atoms with E-state index in [1.54, 1.807) is 17.2 Å². The Hall–Kier alpha value is -2.11. The number of nitrogens with zero attached hydrogens (tertiary/aromatic N) is 4. The number of aromatic nitrogens is 4. The summed E-state index contributed by atoms with van der Waals surface area (Å²) < 4.78 is 3.76. The molecule has 0 radical (unpaired) electrons. The standard InChI is InChI=1S/C18H27N5O/c1-18(2,3)15(11-23-10-9-19-12-23)20-17(24)16-13-7-5-6-8-14(13)21-22(16)4/h9-10,12,15H,5-8,11H2,1-4H3,(H,20,24). The summed E-state index contributed by atoms with van der Waals surface area (Å²) in [6.07, 6.45) is 9.71. The van der Waals surface area contributed by atoms with Crippen LogP contribution in [-0.4, -0.2) is 31.3 Å². The molecule has 130 valence electrons. The Kier molecular flexibility index (Phi) is 4.47. The second-order valence-electron chi connectivity index (χ2n) is 7.76. The third kappa shape index (κ3) is 3.37. The van der Waals surface area contributed by atoms with E-state index < -0.39 is 0 Å². The molecule has 0 aliphatic heterocycles. The van der Waals surface area contributed by atoms with Crippen LogP contribution in [0.5, 0.6) is 0 Å². The normalized spacial score (nSPS) is 15.8. The number of rotatable bonds is 4. The molecule has 2 heterocycles. The van der Waals surface area contributed by atoms with Crippen molar-refractivity contribution in [1.82, 2.24) is 24.6 Å². The number of hydrogen-bond acceptors (Lipinski definition) is 3. The fraction of sp³-hybridized carbons (Fsp3) is 0.611. The smallest absolute Gasteiger partial charge is 0.270 e. The van der Waals surface area contributed by atoms with E-state index in [0.29, 0.717) is 6.54 Å². The van der Waals surface area contributed by atoms with Crippen molar-refractivity contribution in [3.8, 4) is 0 Å². The van der Waals surface area contributed by atoms with Gasteiger partial charge in [-0.1, -0.05) is 20.8 Å². The van der Waals surface area contributed by atoms with Crippen LogP contribution in [0.3, 0.4) is 0 Å². The zero-order valence-corrected chi connectivity index (χ0v) is 15.0. The molecular weight excluding hydrogens is 302 g/mol. The first-order valence-electron chi connectivity index (χ1n) is 8.67. The zero-order valence-electron chi connectivity index (χ0n) is 15.0. The SMILES string of the molecule is Cn1nc2c(c1C(=O)NC(Cn1ccnc1)C(C)(C)C)CCCC2. The van der Waals surface area contributed by atoms with Crippen LogP contribution in [0.4, 0.5) is 0 Å². The third-order valence-corrected chi connectivity index (χ3v) is 4.84. The summed E-state index contributed by atoms with van der Waals surface area (Å²) in [7, 11) is 1.87. The van der Waals surface area contributed by atoms with Gasteiger partial charge in [0.05, 0.1) is 18.1 Å². The first-order chi connectivity index (χ1) is 11.4. The van der Waals surface area contributed by atoms with Crippen LogP contribution in [0.15, 0.2) is 18.7 Å². The molecule has 1 atom stereocenters. The molecule has 24 heavy (non-hydrogen) atoms. The number of imidazole rings is 1. The van der Waals surface area contributed by atoms with Crippen molar-refractivity contribution in [3.63, 3.8) is 0 Å². The Morgan fingerprint density at radius 1 is 1.33 bits per heavy atom. The van der Waals surface area contributed by atoms with Crippen LogP contribution in [-0.2, 0) is 26.4 Å². The predicted octanol–water partition coefficient (Wildman–Crippen LogP) is 2.34. The Balaban J connectivity index is 1.82. The van der Waals surface area contributed by atoms with Gasteiger partial charge >= 0.3 is 0 Å². The molecule has 0 spiro atoms. The van der Waals surface area contributed by atoms with Crippen LogP contribution in [0.25, 0.3) is 0 Å². The summed E-state index contributed by atoms with van der Waals surface area (Å²) in [5.74, 6) is -0.0202. The Morgan fingerprint density at radius 3 is 2.75 bits per heavy atom. The van der Waals surface area contributed by atoms with Crippen molar-refractivity contribution in [2.75, 3.05) is 0 Å². The quantitative estimate of drug-likeness (QED) is 0.936. The minimum absolute atomic E-state index is 0.00772. The summed E-state index contributed by atoms with van der Waals surface area (Å²) in [4.78, 5) is 17.1. The van der Waals surface area contributed by atoms with E-state index in [0.717, 1.165) is 42.6 Å². The molecule has 6 nitrogen and oxygen atoms in total. The zero-order chi connectivity index (χ0) is 17.3. The molecule has 0 saturated heterocycles. The van der Waals surface area contributed by atoms with Crippen LogP contribution < -0.4 is 5.32 Å². The lowest BCUT2D eigenvalue weighted by molar-refractivity contribution is 0.0882. The molecule has 1 aliphatic rings. The van der Waals surface area contributed by atoms with Crippen molar-refractivity contribution < 1.29 is 4.79 Å². The topological polar surface area (TPSA) is 64.7 Å². The van der Waals surface area contributed by atoms with E-state index in [-0.39, 0.29) is 17.4 Å². The van der Waals surface area contributed by atoms with Gasteiger partial charge in [-0.2, -0.15) is 5.10 Å². The molecule has 2 aromatic rings. The fourth-order valence-electron chi connectivity index (χ4n) is 3.33. The molecule has 1 amide bonds. The second kappa shape index (κ2) is 6.42. The van der Waals surface area contributed by atoms with Gasteiger partial charge < -0.3 is 9.88 Å². The highest BCUT2D eigenvalue weighted by Crippen LogP contribution is 2.25. The van der Waals surface area contributed by atoms with Crippen LogP contribution in [0.1, 0.15) is 55.4 Å². The van der Waals surface area contributed by atoms with Crippen LogP contribution >= 0.6 is 0 Å². The monoisotopic (exact) mass is 329 g/mol. The van der Waals surface area contributed by atoms with Crippen LogP contribution in [0, 0.1) is 5.41 Å². The average Bonchev–Trinajstić information content (AvgIpc) is 3.11. The Labute approximate surface area is 143 Å². The first-order valence-corrected chi connectivity index (χ1v) is 8.67. The highest BCUT2D eigenvalue weighted by molar-refractivity contribution is 5.94. The number of fused-ring (bicyclic) bond motifs is 1. The Bertz CT molecular complexity index is 709. The number of nitrogens with one attached hydrogen (secondary N) is 1. The van der Waals surface area contributed by atoms with Gasteiger partial charge in [-0.3, -0.25) is 9.48 Å². The minimum Gasteiger partial charge on any atom is -0.346 e. The van der Waals surface area contributed by atoms with Crippen molar-refractivity contribution in [2.24, 2.45) is 12.5 Å². The summed E-state index contributed by atoms with van der Waals surface area (Å²) in [5, 5.41) is 7.80. The number of amides is 1. The molecule has 0 aromatic carbocycles. The molecule has 0 bridgehead atoms.